The second-order valence-electron chi connectivity index (χ2n) is 6.37. The second-order valence-corrected chi connectivity index (χ2v) is 6.37. The molecule has 24 heavy (non-hydrogen) atoms. The molecule has 2 aliphatic rings. The number of hydrogen-bond acceptors (Lipinski definition) is 5. The predicted molar refractivity (Wildman–Crippen MR) is 82.9 cm³/mol. The normalized spacial score (nSPS) is 33.1. The molecule has 0 aromatic heterocycles. The van der Waals surface area contributed by atoms with Gasteiger partial charge in [0.05, 0.1) is 31.8 Å². The number of rotatable bonds is 3. The largest absolute Gasteiger partial charge is 0.459 e. The first-order valence-corrected chi connectivity index (χ1v) is 8.02. The molecular weight excluding hydrogens is 351 g/mol. The number of hydrogen-bond donors (Lipinski definition) is 1. The number of cyclic esters (lactones) is 1. The summed E-state index contributed by atoms with van der Waals surface area (Å²) >= 11 is 0. The summed E-state index contributed by atoms with van der Waals surface area (Å²) < 4.78 is 55.0. The summed E-state index contributed by atoms with van der Waals surface area (Å²) in [7, 11) is 0. The van der Waals surface area contributed by atoms with Crippen molar-refractivity contribution in [1.82, 2.24) is 0 Å². The predicted octanol–water partition coefficient (Wildman–Crippen LogP) is 2.59. The number of carbonyl (C=O) groups is 1. The van der Waals surface area contributed by atoms with E-state index >= 15 is 0 Å². The van der Waals surface area contributed by atoms with Crippen LogP contribution in [0, 0.1) is 5.92 Å². The third kappa shape index (κ3) is 6.38. The first kappa shape index (κ1) is 21.5. The van der Waals surface area contributed by atoms with Gasteiger partial charge in [-0.1, -0.05) is 12.8 Å². The Morgan fingerprint density at radius 1 is 1.25 bits per heavy atom. The van der Waals surface area contributed by atoms with Crippen molar-refractivity contribution in [1.29, 1.82) is 0 Å². The van der Waals surface area contributed by atoms with Crippen molar-refractivity contribution in [2.24, 2.45) is 11.7 Å². The highest BCUT2D eigenvalue weighted by Gasteiger charge is 2.42. The molecule has 0 amide bonds. The summed E-state index contributed by atoms with van der Waals surface area (Å²) in [6.07, 6.45) is -3.50. The van der Waals surface area contributed by atoms with E-state index in [0.29, 0.717) is 0 Å². The first-order valence-electron chi connectivity index (χ1n) is 8.02. The summed E-state index contributed by atoms with van der Waals surface area (Å²) in [5.74, 6) is -1.60. The molecule has 1 aliphatic carbocycles. The van der Waals surface area contributed by atoms with Crippen molar-refractivity contribution in [3.63, 3.8) is 0 Å². The van der Waals surface area contributed by atoms with Crippen LogP contribution >= 0.6 is 12.4 Å². The van der Waals surface area contributed by atoms with Crippen LogP contribution in [0.1, 0.15) is 39.0 Å². The van der Waals surface area contributed by atoms with E-state index in [1.54, 1.807) is 6.92 Å². The van der Waals surface area contributed by atoms with Gasteiger partial charge in [0.15, 0.2) is 0 Å². The topological polar surface area (TPSA) is 70.8 Å². The lowest BCUT2D eigenvalue weighted by atomic mass is 9.94. The van der Waals surface area contributed by atoms with Crippen molar-refractivity contribution < 1.29 is 32.2 Å². The van der Waals surface area contributed by atoms with Gasteiger partial charge >= 0.3 is 12.1 Å². The van der Waals surface area contributed by atoms with Gasteiger partial charge in [0, 0.05) is 5.92 Å². The summed E-state index contributed by atoms with van der Waals surface area (Å²) in [6, 6.07) is -0.991. The standard InChI is InChI=1S/C15H24F3NO4.ClH/c1-9-13(23-11-4-2-3-5-11)10(6-15(16,17)18)7-21-8-12(19)14(20)22-9;/h9-13H,2-8,19H2,1H3;1H/t9-,10-,12-,13-;/m0./s1. The molecule has 9 heteroatoms. The van der Waals surface area contributed by atoms with Crippen molar-refractivity contribution in [2.75, 3.05) is 13.2 Å². The molecule has 5 nitrogen and oxygen atoms in total. The van der Waals surface area contributed by atoms with Crippen molar-refractivity contribution in [3.8, 4) is 0 Å². The summed E-state index contributed by atoms with van der Waals surface area (Å²) in [4.78, 5) is 11.8. The van der Waals surface area contributed by atoms with Gasteiger partial charge < -0.3 is 19.9 Å². The van der Waals surface area contributed by atoms with E-state index in [1.165, 1.54) is 0 Å². The molecule has 0 aromatic rings. The maximum atomic E-state index is 12.9. The van der Waals surface area contributed by atoms with Crippen LogP contribution < -0.4 is 5.73 Å². The molecule has 1 saturated carbocycles. The molecule has 2 rings (SSSR count). The highest BCUT2D eigenvalue weighted by molar-refractivity contribution is 5.85. The van der Waals surface area contributed by atoms with E-state index in [9.17, 15) is 18.0 Å². The Kier molecular flexibility index (Phi) is 8.25. The number of nitrogens with two attached hydrogens (primary N) is 1. The quantitative estimate of drug-likeness (QED) is 0.768. The van der Waals surface area contributed by atoms with Crippen molar-refractivity contribution in [3.05, 3.63) is 0 Å². The molecule has 0 spiro atoms. The SMILES string of the molecule is C[C@@H]1OC(=O)[C@@H](N)COC[C@H](CC(F)(F)F)[C@H]1OC1CCCC1.Cl. The van der Waals surface area contributed by atoms with Gasteiger partial charge in [-0.25, -0.2) is 0 Å². The summed E-state index contributed by atoms with van der Waals surface area (Å²) in [5.41, 5.74) is 5.60. The molecule has 0 aromatic carbocycles. The zero-order valence-corrected chi connectivity index (χ0v) is 14.4. The van der Waals surface area contributed by atoms with Crippen LogP contribution in [0.15, 0.2) is 0 Å². The Labute approximate surface area is 145 Å². The van der Waals surface area contributed by atoms with E-state index in [2.05, 4.69) is 0 Å². The first-order chi connectivity index (χ1) is 10.8. The lowest BCUT2D eigenvalue weighted by molar-refractivity contribution is -0.183. The van der Waals surface area contributed by atoms with Gasteiger partial charge in [-0.3, -0.25) is 4.79 Å². The maximum Gasteiger partial charge on any atom is 0.389 e. The lowest BCUT2D eigenvalue weighted by Gasteiger charge is -2.33. The Balaban J connectivity index is 0.00000288. The third-order valence-electron chi connectivity index (χ3n) is 4.31. The third-order valence-corrected chi connectivity index (χ3v) is 4.31. The lowest BCUT2D eigenvalue weighted by Crippen LogP contribution is -2.43. The highest BCUT2D eigenvalue weighted by atomic mass is 35.5. The highest BCUT2D eigenvalue weighted by Crippen LogP contribution is 2.33. The molecule has 1 aliphatic heterocycles. The van der Waals surface area contributed by atoms with Gasteiger partial charge in [-0.05, 0) is 19.8 Å². The number of carbonyl (C=O) groups excluding carboxylic acids is 1. The van der Waals surface area contributed by atoms with E-state index in [-0.39, 0.29) is 31.7 Å². The molecule has 4 atom stereocenters. The minimum atomic E-state index is -4.34. The number of ether oxygens (including phenoxy) is 3. The van der Waals surface area contributed by atoms with Crippen molar-refractivity contribution >= 4 is 18.4 Å². The molecular formula is C15H25ClF3NO4. The molecule has 2 fully saturated rings. The number of alkyl halides is 3. The molecule has 1 saturated heterocycles. The Morgan fingerprint density at radius 2 is 1.88 bits per heavy atom. The molecule has 1 heterocycles. The van der Waals surface area contributed by atoms with Crippen LogP contribution in [0.25, 0.3) is 0 Å². The molecule has 2 N–H and O–H groups in total. The van der Waals surface area contributed by atoms with E-state index in [0.717, 1.165) is 25.7 Å². The second kappa shape index (κ2) is 9.22. The minimum Gasteiger partial charge on any atom is -0.459 e. The van der Waals surface area contributed by atoms with Gasteiger partial charge in [0.25, 0.3) is 0 Å². The van der Waals surface area contributed by atoms with Crippen molar-refractivity contribution in [2.45, 2.75) is 69.6 Å². The Bertz CT molecular complexity index is 405. The average Bonchev–Trinajstić information content (AvgIpc) is 2.94. The zero-order valence-electron chi connectivity index (χ0n) is 13.6. The summed E-state index contributed by atoms with van der Waals surface area (Å²) in [6.45, 7) is 1.24. The van der Waals surface area contributed by atoms with Gasteiger partial charge in [0.2, 0.25) is 0 Å². The van der Waals surface area contributed by atoms with Crippen LogP contribution in [0.5, 0.6) is 0 Å². The summed E-state index contributed by atoms with van der Waals surface area (Å²) in [5, 5.41) is 0. The monoisotopic (exact) mass is 375 g/mol. The smallest absolute Gasteiger partial charge is 0.389 e. The van der Waals surface area contributed by atoms with Crippen LogP contribution in [-0.4, -0.2) is 49.7 Å². The Morgan fingerprint density at radius 3 is 2.46 bits per heavy atom. The van der Waals surface area contributed by atoms with E-state index < -0.39 is 42.7 Å². The fourth-order valence-corrected chi connectivity index (χ4v) is 3.17. The number of halogens is 4. The zero-order chi connectivity index (χ0) is 17.0. The van der Waals surface area contributed by atoms with Gasteiger partial charge in [0.1, 0.15) is 12.1 Å². The van der Waals surface area contributed by atoms with Gasteiger partial charge in [-0.2, -0.15) is 13.2 Å². The molecule has 0 bridgehead atoms. The fourth-order valence-electron chi connectivity index (χ4n) is 3.17. The van der Waals surface area contributed by atoms with Crippen LogP contribution in [0.2, 0.25) is 0 Å². The van der Waals surface area contributed by atoms with Crippen LogP contribution in [-0.2, 0) is 19.0 Å². The Hall–Kier alpha value is -0.570. The van der Waals surface area contributed by atoms with Crippen LogP contribution in [0.4, 0.5) is 13.2 Å². The average molecular weight is 376 g/mol. The van der Waals surface area contributed by atoms with Crippen LogP contribution in [0.3, 0.4) is 0 Å². The molecule has 0 radical (unpaired) electrons. The van der Waals surface area contributed by atoms with Gasteiger partial charge in [-0.15, -0.1) is 12.4 Å². The minimum absolute atomic E-state index is 0. The molecule has 0 unspecified atom stereocenters. The van der Waals surface area contributed by atoms with E-state index in [1.807, 2.05) is 0 Å². The van der Waals surface area contributed by atoms with E-state index in [4.69, 9.17) is 19.9 Å². The molecule has 142 valence electrons. The fraction of sp³-hybridized carbons (Fsp3) is 0.933. The maximum absolute atomic E-state index is 12.9. The number of esters is 1.